The topological polar surface area (TPSA) is 71.3 Å². The molecule has 2 amide bonds. The molecule has 0 saturated carbocycles. The number of amides is 2. The first-order chi connectivity index (χ1) is 14.7. The van der Waals surface area contributed by atoms with Gasteiger partial charge < -0.3 is 15.1 Å². The summed E-state index contributed by atoms with van der Waals surface area (Å²) in [5, 5.41) is 6.52. The lowest BCUT2D eigenvalue weighted by Gasteiger charge is -2.33. The number of benzene rings is 1. The van der Waals surface area contributed by atoms with Gasteiger partial charge in [0.2, 0.25) is 0 Å². The van der Waals surface area contributed by atoms with Gasteiger partial charge in [-0.1, -0.05) is 38.5 Å². The number of aryl methyl sites for hydroxylation is 1. The Labute approximate surface area is 186 Å². The van der Waals surface area contributed by atoms with Crippen LogP contribution in [0.15, 0.2) is 47.1 Å². The number of hydrogen-bond acceptors (Lipinski definition) is 4. The summed E-state index contributed by atoms with van der Waals surface area (Å²) in [5.74, 6) is 0.231. The molecule has 0 radical (unpaired) electrons. The molecule has 0 saturated heterocycles. The summed E-state index contributed by atoms with van der Waals surface area (Å²) < 4.78 is 5.23. The van der Waals surface area contributed by atoms with Gasteiger partial charge in [0.1, 0.15) is 5.00 Å². The molecule has 1 aliphatic carbocycles. The van der Waals surface area contributed by atoms with Crippen LogP contribution in [0.2, 0.25) is 0 Å². The number of anilines is 2. The van der Waals surface area contributed by atoms with Gasteiger partial charge in [0, 0.05) is 10.6 Å². The zero-order valence-electron chi connectivity index (χ0n) is 18.4. The lowest BCUT2D eigenvalue weighted by molar-refractivity contribution is 0.0997. The summed E-state index contributed by atoms with van der Waals surface area (Å²) in [6.45, 7) is 8.80. The quantitative estimate of drug-likeness (QED) is 0.504. The van der Waals surface area contributed by atoms with Crippen molar-refractivity contribution in [3.05, 3.63) is 70.0 Å². The fourth-order valence-electron chi connectivity index (χ4n) is 4.06. The average molecular weight is 437 g/mol. The molecule has 2 aromatic heterocycles. The van der Waals surface area contributed by atoms with Gasteiger partial charge in [-0.05, 0) is 67.3 Å². The molecule has 5 nitrogen and oxygen atoms in total. The highest BCUT2D eigenvalue weighted by atomic mass is 32.1. The number of carbonyl (C=O) groups is 2. The first-order valence-electron chi connectivity index (χ1n) is 10.6. The Morgan fingerprint density at radius 2 is 1.81 bits per heavy atom. The summed E-state index contributed by atoms with van der Waals surface area (Å²) in [7, 11) is 0. The molecule has 0 spiro atoms. The fourth-order valence-corrected chi connectivity index (χ4v) is 5.38. The molecular weight excluding hydrogens is 408 g/mol. The van der Waals surface area contributed by atoms with Gasteiger partial charge in [0.25, 0.3) is 11.8 Å². The van der Waals surface area contributed by atoms with E-state index >= 15 is 0 Å². The number of rotatable bonds is 4. The van der Waals surface area contributed by atoms with Crippen molar-refractivity contribution in [3.8, 4) is 0 Å². The van der Waals surface area contributed by atoms with Crippen molar-refractivity contribution in [2.24, 2.45) is 11.3 Å². The second-order valence-electron chi connectivity index (χ2n) is 9.27. The second kappa shape index (κ2) is 8.35. The maximum Gasteiger partial charge on any atom is 0.291 e. The van der Waals surface area contributed by atoms with Gasteiger partial charge >= 0.3 is 0 Å². The van der Waals surface area contributed by atoms with Gasteiger partial charge in [0.15, 0.2) is 5.76 Å². The van der Waals surface area contributed by atoms with Crippen LogP contribution in [0.3, 0.4) is 0 Å². The number of hydrogen-bond donors (Lipinski definition) is 2. The van der Waals surface area contributed by atoms with E-state index in [-0.39, 0.29) is 23.0 Å². The molecule has 2 N–H and O–H groups in total. The summed E-state index contributed by atoms with van der Waals surface area (Å²) in [6.07, 6.45) is 4.25. The van der Waals surface area contributed by atoms with E-state index in [9.17, 15) is 9.59 Å². The van der Waals surface area contributed by atoms with Crippen LogP contribution in [-0.2, 0) is 12.8 Å². The number of thiophene rings is 1. The molecule has 6 heteroatoms. The van der Waals surface area contributed by atoms with E-state index in [4.69, 9.17) is 4.42 Å². The second-order valence-corrected chi connectivity index (χ2v) is 10.4. The molecule has 1 aliphatic rings. The molecule has 1 aromatic carbocycles. The van der Waals surface area contributed by atoms with Crippen molar-refractivity contribution in [2.45, 2.75) is 47.0 Å². The molecule has 162 valence electrons. The largest absolute Gasteiger partial charge is 0.459 e. The standard InChI is InChI=1S/C25H28N2O3S/c1-15-7-10-17(11-8-15)26-23(29)21-18-12-9-16(25(2,3)4)14-20(18)31-24(21)27-22(28)19-6-5-13-30-19/h5-8,10-11,13,16H,9,12,14H2,1-4H3,(H,26,29)(H,27,28)/t16-/m1/s1. The molecule has 0 unspecified atom stereocenters. The fraction of sp³-hybridized carbons (Fsp3) is 0.360. The van der Waals surface area contributed by atoms with Gasteiger partial charge in [-0.15, -0.1) is 11.3 Å². The van der Waals surface area contributed by atoms with Crippen LogP contribution in [0.5, 0.6) is 0 Å². The molecule has 3 aromatic rings. The lowest BCUT2D eigenvalue weighted by atomic mass is 9.72. The Hall–Kier alpha value is -2.86. The van der Waals surface area contributed by atoms with E-state index in [1.54, 1.807) is 12.1 Å². The monoisotopic (exact) mass is 436 g/mol. The molecule has 0 fully saturated rings. The van der Waals surface area contributed by atoms with Crippen molar-refractivity contribution in [1.29, 1.82) is 0 Å². The summed E-state index contributed by atoms with van der Waals surface area (Å²) >= 11 is 1.51. The van der Waals surface area contributed by atoms with E-state index in [1.807, 2.05) is 31.2 Å². The van der Waals surface area contributed by atoms with E-state index in [1.165, 1.54) is 22.5 Å². The van der Waals surface area contributed by atoms with Crippen LogP contribution >= 0.6 is 11.3 Å². The van der Waals surface area contributed by atoms with Gasteiger partial charge in [-0.2, -0.15) is 0 Å². The molecule has 4 rings (SSSR count). The minimum Gasteiger partial charge on any atom is -0.459 e. The third kappa shape index (κ3) is 4.59. The van der Waals surface area contributed by atoms with Crippen LogP contribution in [0.25, 0.3) is 0 Å². The van der Waals surface area contributed by atoms with Crippen molar-refractivity contribution in [3.63, 3.8) is 0 Å². The van der Waals surface area contributed by atoms with E-state index < -0.39 is 0 Å². The number of fused-ring (bicyclic) bond motifs is 1. The molecule has 31 heavy (non-hydrogen) atoms. The number of furan rings is 1. The Morgan fingerprint density at radius 1 is 1.06 bits per heavy atom. The number of carbonyl (C=O) groups excluding carboxylic acids is 2. The normalized spacial score (nSPS) is 15.9. The van der Waals surface area contributed by atoms with Gasteiger partial charge in [-0.3, -0.25) is 9.59 Å². The predicted molar refractivity (Wildman–Crippen MR) is 125 cm³/mol. The predicted octanol–water partition coefficient (Wildman–Crippen LogP) is 6.31. The van der Waals surface area contributed by atoms with Crippen molar-refractivity contribution in [1.82, 2.24) is 0 Å². The van der Waals surface area contributed by atoms with Gasteiger partial charge in [-0.25, -0.2) is 0 Å². The molecule has 0 bridgehead atoms. The average Bonchev–Trinajstić information content (AvgIpc) is 3.36. The minimum absolute atomic E-state index is 0.190. The zero-order chi connectivity index (χ0) is 22.2. The van der Waals surface area contributed by atoms with Crippen molar-refractivity contribution < 1.29 is 14.0 Å². The van der Waals surface area contributed by atoms with E-state index in [0.29, 0.717) is 16.5 Å². The van der Waals surface area contributed by atoms with Crippen LogP contribution in [0.1, 0.15) is 64.1 Å². The Kier molecular flexibility index (Phi) is 5.75. The van der Waals surface area contributed by atoms with Crippen LogP contribution < -0.4 is 10.6 Å². The zero-order valence-corrected chi connectivity index (χ0v) is 19.2. The molecular formula is C25H28N2O3S. The third-order valence-electron chi connectivity index (χ3n) is 6.00. The number of nitrogens with one attached hydrogen (secondary N) is 2. The van der Waals surface area contributed by atoms with Gasteiger partial charge in [0.05, 0.1) is 11.8 Å². The maximum atomic E-state index is 13.3. The molecule has 0 aliphatic heterocycles. The first-order valence-corrected chi connectivity index (χ1v) is 11.4. The Bertz CT molecular complexity index is 1090. The smallest absolute Gasteiger partial charge is 0.291 e. The van der Waals surface area contributed by atoms with Crippen LogP contribution in [0.4, 0.5) is 10.7 Å². The minimum atomic E-state index is -0.347. The first kappa shape index (κ1) is 21.4. The summed E-state index contributed by atoms with van der Waals surface area (Å²) in [6, 6.07) is 11.0. The molecule has 2 heterocycles. The van der Waals surface area contributed by atoms with E-state index in [2.05, 4.69) is 31.4 Å². The summed E-state index contributed by atoms with van der Waals surface area (Å²) in [5.41, 5.74) is 3.70. The van der Waals surface area contributed by atoms with Crippen molar-refractivity contribution in [2.75, 3.05) is 10.6 Å². The van der Waals surface area contributed by atoms with Crippen LogP contribution in [0, 0.1) is 18.3 Å². The Balaban J connectivity index is 1.67. The highest BCUT2D eigenvalue weighted by Crippen LogP contribution is 2.44. The summed E-state index contributed by atoms with van der Waals surface area (Å²) in [4.78, 5) is 27.2. The maximum absolute atomic E-state index is 13.3. The van der Waals surface area contributed by atoms with Crippen molar-refractivity contribution >= 4 is 33.8 Å². The SMILES string of the molecule is Cc1ccc(NC(=O)c2c(NC(=O)c3ccco3)sc3c2CC[C@@H](C(C)(C)C)C3)cc1. The highest BCUT2D eigenvalue weighted by molar-refractivity contribution is 7.17. The highest BCUT2D eigenvalue weighted by Gasteiger charge is 2.34. The third-order valence-corrected chi connectivity index (χ3v) is 7.17. The van der Waals surface area contributed by atoms with E-state index in [0.717, 1.165) is 36.1 Å². The van der Waals surface area contributed by atoms with Crippen LogP contribution in [-0.4, -0.2) is 11.8 Å². The molecule has 1 atom stereocenters. The Morgan fingerprint density at radius 3 is 2.45 bits per heavy atom. The lowest BCUT2D eigenvalue weighted by Crippen LogP contribution is -2.27.